The molecule has 2 aromatic rings. The van der Waals surface area contributed by atoms with Crippen LogP contribution in [0.3, 0.4) is 0 Å². The van der Waals surface area contributed by atoms with E-state index in [1.54, 1.807) is 43.3 Å². The van der Waals surface area contributed by atoms with Gasteiger partial charge in [-0.3, -0.25) is 14.5 Å². The Balaban J connectivity index is 1.92. The SMILES string of the molecule is CC1Oc2ccc(N)nc2N(CC(=O)c2ccc(Br)cc2)C1=O. The summed E-state index contributed by atoms with van der Waals surface area (Å²) in [5.41, 5.74) is 6.21. The van der Waals surface area contributed by atoms with Crippen molar-refractivity contribution in [2.24, 2.45) is 0 Å². The van der Waals surface area contributed by atoms with Gasteiger partial charge in [0.25, 0.3) is 5.91 Å². The molecule has 1 unspecified atom stereocenters. The van der Waals surface area contributed by atoms with Crippen molar-refractivity contribution in [3.8, 4) is 5.75 Å². The number of hydrogen-bond acceptors (Lipinski definition) is 5. The maximum Gasteiger partial charge on any atom is 0.269 e. The van der Waals surface area contributed by atoms with E-state index in [1.807, 2.05) is 0 Å². The molecule has 1 aliphatic rings. The summed E-state index contributed by atoms with van der Waals surface area (Å²) in [6.07, 6.45) is -0.675. The monoisotopic (exact) mass is 375 g/mol. The van der Waals surface area contributed by atoms with Crippen molar-refractivity contribution in [3.63, 3.8) is 0 Å². The Morgan fingerprint density at radius 2 is 2.00 bits per heavy atom. The zero-order valence-electron chi connectivity index (χ0n) is 12.3. The second kappa shape index (κ2) is 6.00. The summed E-state index contributed by atoms with van der Waals surface area (Å²) in [6.45, 7) is 1.52. The first-order valence-corrected chi connectivity index (χ1v) is 7.78. The largest absolute Gasteiger partial charge is 0.477 e. The van der Waals surface area contributed by atoms with Crippen LogP contribution in [0.5, 0.6) is 5.75 Å². The van der Waals surface area contributed by atoms with E-state index in [9.17, 15) is 9.59 Å². The van der Waals surface area contributed by atoms with E-state index in [4.69, 9.17) is 10.5 Å². The maximum atomic E-state index is 12.5. The van der Waals surface area contributed by atoms with Gasteiger partial charge in [-0.05, 0) is 31.2 Å². The number of benzene rings is 1. The number of hydrogen-bond donors (Lipinski definition) is 1. The average molecular weight is 376 g/mol. The lowest BCUT2D eigenvalue weighted by atomic mass is 10.1. The molecule has 2 heterocycles. The molecular weight excluding hydrogens is 362 g/mol. The summed E-state index contributed by atoms with van der Waals surface area (Å²) in [4.78, 5) is 30.3. The van der Waals surface area contributed by atoms with E-state index in [2.05, 4.69) is 20.9 Å². The highest BCUT2D eigenvalue weighted by molar-refractivity contribution is 9.10. The molecule has 0 aliphatic carbocycles. The van der Waals surface area contributed by atoms with E-state index in [1.165, 1.54) is 4.90 Å². The summed E-state index contributed by atoms with van der Waals surface area (Å²) in [7, 11) is 0. The van der Waals surface area contributed by atoms with E-state index in [-0.39, 0.29) is 29.9 Å². The number of nitrogens with zero attached hydrogens (tertiary/aromatic N) is 2. The maximum absolute atomic E-state index is 12.5. The van der Waals surface area contributed by atoms with Crippen LogP contribution >= 0.6 is 15.9 Å². The Bertz CT molecular complexity index is 777. The Morgan fingerprint density at radius 1 is 1.30 bits per heavy atom. The van der Waals surface area contributed by atoms with Crippen molar-refractivity contribution in [1.82, 2.24) is 4.98 Å². The normalized spacial score (nSPS) is 16.7. The molecule has 1 aromatic carbocycles. The summed E-state index contributed by atoms with van der Waals surface area (Å²) in [5, 5.41) is 0. The van der Waals surface area contributed by atoms with Gasteiger partial charge < -0.3 is 10.5 Å². The van der Waals surface area contributed by atoms with Crippen LogP contribution in [0, 0.1) is 0 Å². The number of amides is 1. The van der Waals surface area contributed by atoms with Crippen molar-refractivity contribution in [3.05, 3.63) is 46.4 Å². The highest BCUT2D eigenvalue weighted by atomic mass is 79.9. The lowest BCUT2D eigenvalue weighted by Gasteiger charge is -2.31. The summed E-state index contributed by atoms with van der Waals surface area (Å²) in [6, 6.07) is 10.2. The summed E-state index contributed by atoms with van der Waals surface area (Å²) >= 11 is 3.32. The first-order valence-electron chi connectivity index (χ1n) is 6.99. The topological polar surface area (TPSA) is 85.5 Å². The predicted octanol–water partition coefficient (Wildman–Crippen LogP) is 2.42. The summed E-state index contributed by atoms with van der Waals surface area (Å²) in [5.74, 6) is 0.473. The van der Waals surface area contributed by atoms with Gasteiger partial charge in [0, 0.05) is 10.0 Å². The predicted molar refractivity (Wildman–Crippen MR) is 89.6 cm³/mol. The molecule has 2 N–H and O–H groups in total. The molecule has 118 valence electrons. The Morgan fingerprint density at radius 3 is 2.70 bits per heavy atom. The van der Waals surface area contributed by atoms with Crippen LogP contribution in [0.1, 0.15) is 17.3 Å². The second-order valence-corrected chi connectivity index (χ2v) is 6.09. The molecule has 0 bridgehead atoms. The Hall–Kier alpha value is -2.41. The van der Waals surface area contributed by atoms with E-state index in [0.717, 1.165) is 4.47 Å². The van der Waals surface area contributed by atoms with Gasteiger partial charge in [-0.1, -0.05) is 28.1 Å². The minimum absolute atomic E-state index is 0.113. The number of ketones is 1. The standard InChI is InChI=1S/C16H14BrN3O3/c1-9-16(22)20(15-13(23-9)6-7-14(18)19-15)8-12(21)10-2-4-11(17)5-3-10/h2-7,9H,8H2,1H3,(H2,18,19). The quantitative estimate of drug-likeness (QED) is 0.832. The molecule has 0 saturated heterocycles. The third-order valence-electron chi connectivity index (χ3n) is 3.50. The molecule has 6 nitrogen and oxygen atoms in total. The molecule has 0 fully saturated rings. The number of nitrogens with two attached hydrogens (primary N) is 1. The van der Waals surface area contributed by atoms with Gasteiger partial charge in [-0.15, -0.1) is 0 Å². The first-order chi connectivity index (χ1) is 11.0. The summed E-state index contributed by atoms with van der Waals surface area (Å²) < 4.78 is 6.39. The van der Waals surface area contributed by atoms with Gasteiger partial charge in [0.05, 0.1) is 6.54 Å². The molecule has 0 saturated carbocycles. The van der Waals surface area contributed by atoms with Gasteiger partial charge >= 0.3 is 0 Å². The third kappa shape index (κ3) is 3.05. The van der Waals surface area contributed by atoms with Crippen molar-refractivity contribution in [2.45, 2.75) is 13.0 Å². The number of aromatic nitrogens is 1. The van der Waals surface area contributed by atoms with Crippen LogP contribution in [0.4, 0.5) is 11.6 Å². The molecule has 3 rings (SSSR count). The first kappa shape index (κ1) is 15.5. The molecule has 23 heavy (non-hydrogen) atoms. The minimum atomic E-state index is -0.675. The molecule has 1 aliphatic heterocycles. The van der Waals surface area contributed by atoms with Gasteiger partial charge in [-0.25, -0.2) is 4.98 Å². The lowest BCUT2D eigenvalue weighted by Crippen LogP contribution is -2.47. The fraction of sp³-hybridized carbons (Fsp3) is 0.188. The fourth-order valence-electron chi connectivity index (χ4n) is 2.32. The number of fused-ring (bicyclic) bond motifs is 1. The number of halogens is 1. The number of Topliss-reactive ketones (excluding diaryl/α,β-unsaturated/α-hetero) is 1. The Kier molecular flexibility index (Phi) is 4.04. The van der Waals surface area contributed by atoms with Crippen molar-refractivity contribution in [1.29, 1.82) is 0 Å². The molecule has 7 heteroatoms. The van der Waals surface area contributed by atoms with Crippen molar-refractivity contribution >= 4 is 39.3 Å². The molecular formula is C16H14BrN3O3. The molecule has 0 spiro atoms. The molecule has 0 radical (unpaired) electrons. The number of carbonyl (C=O) groups excluding carboxylic acids is 2. The number of nitrogen functional groups attached to an aromatic ring is 1. The average Bonchev–Trinajstić information content (AvgIpc) is 2.53. The third-order valence-corrected chi connectivity index (χ3v) is 4.03. The second-order valence-electron chi connectivity index (χ2n) is 5.17. The highest BCUT2D eigenvalue weighted by Gasteiger charge is 2.34. The van der Waals surface area contributed by atoms with Crippen LogP contribution in [0.25, 0.3) is 0 Å². The van der Waals surface area contributed by atoms with Gasteiger partial charge in [-0.2, -0.15) is 0 Å². The zero-order chi connectivity index (χ0) is 16.6. The zero-order valence-corrected chi connectivity index (χ0v) is 13.9. The van der Waals surface area contributed by atoms with Crippen LogP contribution in [-0.4, -0.2) is 29.3 Å². The van der Waals surface area contributed by atoms with Gasteiger partial charge in [0.2, 0.25) is 0 Å². The number of carbonyl (C=O) groups is 2. The lowest BCUT2D eigenvalue weighted by molar-refractivity contribution is -0.125. The van der Waals surface area contributed by atoms with E-state index in [0.29, 0.717) is 11.3 Å². The van der Waals surface area contributed by atoms with Crippen molar-refractivity contribution in [2.75, 3.05) is 17.2 Å². The number of anilines is 2. The van der Waals surface area contributed by atoms with E-state index < -0.39 is 6.10 Å². The van der Waals surface area contributed by atoms with Crippen LogP contribution < -0.4 is 15.4 Å². The molecule has 1 atom stereocenters. The van der Waals surface area contributed by atoms with Crippen LogP contribution in [0.15, 0.2) is 40.9 Å². The number of ether oxygens (including phenoxy) is 1. The smallest absolute Gasteiger partial charge is 0.269 e. The fourth-order valence-corrected chi connectivity index (χ4v) is 2.59. The van der Waals surface area contributed by atoms with Crippen LogP contribution in [0.2, 0.25) is 0 Å². The number of rotatable bonds is 3. The minimum Gasteiger partial charge on any atom is -0.477 e. The van der Waals surface area contributed by atoms with E-state index >= 15 is 0 Å². The number of pyridine rings is 1. The molecule has 1 aromatic heterocycles. The van der Waals surface area contributed by atoms with Gasteiger partial charge in [0.15, 0.2) is 23.5 Å². The van der Waals surface area contributed by atoms with Crippen LogP contribution in [-0.2, 0) is 4.79 Å². The highest BCUT2D eigenvalue weighted by Crippen LogP contribution is 2.33. The van der Waals surface area contributed by atoms with Crippen molar-refractivity contribution < 1.29 is 14.3 Å². The molecule has 1 amide bonds. The Labute approximate surface area is 141 Å². The van der Waals surface area contributed by atoms with Gasteiger partial charge in [0.1, 0.15) is 5.82 Å².